The van der Waals surface area contributed by atoms with Crippen LogP contribution in [0.4, 0.5) is 0 Å². The molecule has 3 heterocycles. The molecule has 0 saturated carbocycles. The number of nitrogens with zero attached hydrogens (tertiary/aromatic N) is 4. The summed E-state index contributed by atoms with van der Waals surface area (Å²) in [5.74, 6) is -0.411. The van der Waals surface area contributed by atoms with Gasteiger partial charge >= 0.3 is 0 Å². The third kappa shape index (κ3) is 3.83. The fraction of sp³-hybridized carbons (Fsp3) is 0.0769. The van der Waals surface area contributed by atoms with E-state index in [4.69, 9.17) is 0 Å². The van der Waals surface area contributed by atoms with Crippen molar-refractivity contribution >= 4 is 22.2 Å². The number of fused-ring (bicyclic) bond motifs is 1. The molecule has 0 aliphatic heterocycles. The standard InChI is InChI=1S/C26H20N4O2S/c1-29(23(19-12-6-3-7-13-19)21-14-8-9-15-27-21)24(31)20-16-28-26-30(25(20)32)22(17-33-26)18-10-4-2-5-11-18/h2-17,23H,1H3/t23-/m1/s1. The fourth-order valence-electron chi connectivity index (χ4n) is 3.92. The number of rotatable bonds is 5. The molecule has 6 nitrogen and oxygen atoms in total. The first-order valence-electron chi connectivity index (χ1n) is 10.4. The molecule has 2 aromatic carbocycles. The van der Waals surface area contributed by atoms with Gasteiger partial charge in [-0.1, -0.05) is 66.7 Å². The zero-order valence-electron chi connectivity index (χ0n) is 17.8. The number of pyridine rings is 1. The van der Waals surface area contributed by atoms with Gasteiger partial charge in [0.2, 0.25) is 0 Å². The molecule has 0 fully saturated rings. The largest absolute Gasteiger partial charge is 0.329 e. The van der Waals surface area contributed by atoms with Crippen LogP contribution in [0.1, 0.15) is 27.7 Å². The maximum Gasteiger partial charge on any atom is 0.271 e. The Morgan fingerprint density at radius 3 is 2.33 bits per heavy atom. The van der Waals surface area contributed by atoms with E-state index in [9.17, 15) is 9.59 Å². The first-order valence-corrected chi connectivity index (χ1v) is 11.3. The lowest BCUT2D eigenvalue weighted by atomic mass is 10.0. The average molecular weight is 453 g/mol. The molecule has 0 spiro atoms. The van der Waals surface area contributed by atoms with Gasteiger partial charge in [-0.25, -0.2) is 4.98 Å². The van der Waals surface area contributed by atoms with Gasteiger partial charge in [-0.15, -0.1) is 11.3 Å². The highest BCUT2D eigenvalue weighted by molar-refractivity contribution is 7.15. The molecule has 0 N–H and O–H groups in total. The van der Waals surface area contributed by atoms with E-state index in [-0.39, 0.29) is 11.1 Å². The molecule has 7 heteroatoms. The Balaban J connectivity index is 1.60. The summed E-state index contributed by atoms with van der Waals surface area (Å²) in [5, 5.41) is 1.89. The molecule has 33 heavy (non-hydrogen) atoms. The third-order valence-corrected chi connectivity index (χ3v) is 6.38. The second kappa shape index (κ2) is 8.80. The predicted molar refractivity (Wildman–Crippen MR) is 129 cm³/mol. The van der Waals surface area contributed by atoms with Crippen LogP contribution in [0.2, 0.25) is 0 Å². The van der Waals surface area contributed by atoms with Gasteiger partial charge in [0.15, 0.2) is 4.96 Å². The molecule has 5 aromatic rings. The summed E-state index contributed by atoms with van der Waals surface area (Å²) >= 11 is 1.37. The molecule has 1 amide bonds. The molecular formula is C26H20N4O2S. The number of hydrogen-bond acceptors (Lipinski definition) is 5. The number of thiazole rings is 1. The van der Waals surface area contributed by atoms with E-state index < -0.39 is 11.9 Å². The van der Waals surface area contributed by atoms with E-state index in [0.717, 1.165) is 16.8 Å². The van der Waals surface area contributed by atoms with Crippen LogP contribution in [0.5, 0.6) is 0 Å². The Kier molecular flexibility index (Phi) is 5.54. The number of hydrogen-bond donors (Lipinski definition) is 0. The summed E-state index contributed by atoms with van der Waals surface area (Å²) < 4.78 is 1.51. The van der Waals surface area contributed by atoms with Gasteiger partial charge in [0, 0.05) is 24.8 Å². The van der Waals surface area contributed by atoms with Crippen LogP contribution in [-0.2, 0) is 0 Å². The number of benzene rings is 2. The molecule has 0 bridgehead atoms. The second-order valence-electron chi connectivity index (χ2n) is 7.57. The van der Waals surface area contributed by atoms with Gasteiger partial charge in [0.05, 0.1) is 17.4 Å². The molecule has 0 aliphatic rings. The van der Waals surface area contributed by atoms with Crippen molar-refractivity contribution in [3.05, 3.63) is 124 Å². The van der Waals surface area contributed by atoms with E-state index in [1.807, 2.05) is 84.2 Å². The zero-order valence-corrected chi connectivity index (χ0v) is 18.6. The lowest BCUT2D eigenvalue weighted by Gasteiger charge is -2.28. The Bertz CT molecular complexity index is 1430. The average Bonchev–Trinajstić information content (AvgIpc) is 3.31. The number of carbonyl (C=O) groups excluding carboxylic acids is 1. The number of aromatic nitrogens is 3. The normalized spacial score (nSPS) is 11.9. The molecule has 3 aromatic heterocycles. The molecular weight excluding hydrogens is 432 g/mol. The minimum atomic E-state index is -0.448. The SMILES string of the molecule is CN(C(=O)c1cnc2scc(-c3ccccc3)n2c1=O)[C@H](c1ccccc1)c1ccccn1. The number of carbonyl (C=O) groups is 1. The maximum absolute atomic E-state index is 13.6. The van der Waals surface area contributed by atoms with Gasteiger partial charge in [0.1, 0.15) is 5.56 Å². The molecule has 1 atom stereocenters. The van der Waals surface area contributed by atoms with E-state index >= 15 is 0 Å². The van der Waals surface area contributed by atoms with E-state index in [2.05, 4.69) is 9.97 Å². The van der Waals surface area contributed by atoms with E-state index in [1.165, 1.54) is 21.9 Å². The lowest BCUT2D eigenvalue weighted by molar-refractivity contribution is 0.0750. The van der Waals surface area contributed by atoms with Crippen molar-refractivity contribution in [1.29, 1.82) is 0 Å². The molecule has 0 radical (unpaired) electrons. The maximum atomic E-state index is 13.6. The zero-order chi connectivity index (χ0) is 22.8. The lowest BCUT2D eigenvalue weighted by Crippen LogP contribution is -2.36. The van der Waals surface area contributed by atoms with Gasteiger partial charge in [0.25, 0.3) is 11.5 Å². The first kappa shape index (κ1) is 20.8. The monoisotopic (exact) mass is 452 g/mol. The van der Waals surface area contributed by atoms with Crippen LogP contribution in [0.3, 0.4) is 0 Å². The molecule has 162 valence electrons. The van der Waals surface area contributed by atoms with Crippen molar-refractivity contribution < 1.29 is 4.79 Å². The fourth-order valence-corrected chi connectivity index (χ4v) is 4.78. The van der Waals surface area contributed by atoms with Crippen LogP contribution < -0.4 is 5.56 Å². The van der Waals surface area contributed by atoms with Crippen molar-refractivity contribution in [2.24, 2.45) is 0 Å². The highest BCUT2D eigenvalue weighted by Crippen LogP contribution is 2.28. The number of amides is 1. The Morgan fingerprint density at radius 1 is 0.939 bits per heavy atom. The summed E-state index contributed by atoms with van der Waals surface area (Å²) in [4.78, 5) is 38.1. The molecule has 0 aliphatic carbocycles. The Labute approximate surface area is 194 Å². The van der Waals surface area contributed by atoms with E-state index in [1.54, 1.807) is 18.1 Å². The quantitative estimate of drug-likeness (QED) is 0.388. The minimum absolute atomic E-state index is 0.0162. The van der Waals surface area contributed by atoms with Crippen molar-refractivity contribution in [3.63, 3.8) is 0 Å². The van der Waals surface area contributed by atoms with E-state index in [0.29, 0.717) is 10.7 Å². The van der Waals surface area contributed by atoms with Gasteiger partial charge in [-0.2, -0.15) is 0 Å². The second-order valence-corrected chi connectivity index (χ2v) is 8.40. The van der Waals surface area contributed by atoms with Crippen molar-refractivity contribution in [3.8, 4) is 11.3 Å². The topological polar surface area (TPSA) is 67.6 Å². The Morgan fingerprint density at radius 2 is 1.64 bits per heavy atom. The highest BCUT2D eigenvalue weighted by Gasteiger charge is 2.28. The van der Waals surface area contributed by atoms with Crippen molar-refractivity contribution in [2.45, 2.75) is 6.04 Å². The summed E-state index contributed by atoms with van der Waals surface area (Å²) in [7, 11) is 1.69. The Hall–Kier alpha value is -4.10. The van der Waals surface area contributed by atoms with Crippen LogP contribution >= 0.6 is 11.3 Å². The molecule has 5 rings (SSSR count). The van der Waals surface area contributed by atoms with Crippen LogP contribution in [0.15, 0.2) is 101 Å². The predicted octanol–water partition coefficient (Wildman–Crippen LogP) is 4.68. The van der Waals surface area contributed by atoms with Crippen molar-refractivity contribution in [2.75, 3.05) is 7.05 Å². The highest BCUT2D eigenvalue weighted by atomic mass is 32.1. The van der Waals surface area contributed by atoms with Crippen LogP contribution in [-0.4, -0.2) is 32.2 Å². The summed E-state index contributed by atoms with van der Waals surface area (Å²) in [6, 6.07) is 24.4. The van der Waals surface area contributed by atoms with Gasteiger partial charge in [-0.05, 0) is 23.3 Å². The van der Waals surface area contributed by atoms with Gasteiger partial charge < -0.3 is 4.90 Å². The van der Waals surface area contributed by atoms with Crippen molar-refractivity contribution in [1.82, 2.24) is 19.3 Å². The minimum Gasteiger partial charge on any atom is -0.329 e. The van der Waals surface area contributed by atoms with Crippen LogP contribution in [0, 0.1) is 0 Å². The summed E-state index contributed by atoms with van der Waals surface area (Å²) in [6.07, 6.45) is 3.08. The molecule has 0 unspecified atom stereocenters. The van der Waals surface area contributed by atoms with Crippen LogP contribution in [0.25, 0.3) is 16.2 Å². The third-order valence-electron chi connectivity index (χ3n) is 5.54. The summed E-state index contributed by atoms with van der Waals surface area (Å²) in [5.41, 5.74) is 2.86. The smallest absolute Gasteiger partial charge is 0.271 e. The van der Waals surface area contributed by atoms with Gasteiger partial charge in [-0.3, -0.25) is 19.0 Å². The molecule has 0 saturated heterocycles. The first-order chi connectivity index (χ1) is 16.1. The summed E-state index contributed by atoms with van der Waals surface area (Å²) in [6.45, 7) is 0.